The summed E-state index contributed by atoms with van der Waals surface area (Å²) in [6.07, 6.45) is 7.67. The number of benzene rings is 1. The zero-order valence-corrected chi connectivity index (χ0v) is 15.4. The van der Waals surface area contributed by atoms with E-state index in [1.165, 1.54) is 32.1 Å². The van der Waals surface area contributed by atoms with E-state index in [4.69, 9.17) is 0 Å². The Bertz CT molecular complexity index is 560. The molecule has 1 saturated heterocycles. The molecule has 5 heteroatoms. The summed E-state index contributed by atoms with van der Waals surface area (Å²) in [5.41, 5.74) is 0.698. The van der Waals surface area contributed by atoms with Gasteiger partial charge in [-0.15, -0.1) is 0 Å². The van der Waals surface area contributed by atoms with Gasteiger partial charge in [0.05, 0.1) is 18.7 Å². The highest BCUT2D eigenvalue weighted by molar-refractivity contribution is 5.82. The lowest BCUT2D eigenvalue weighted by molar-refractivity contribution is -0.126. The van der Waals surface area contributed by atoms with Crippen molar-refractivity contribution in [3.63, 3.8) is 0 Å². The fourth-order valence-electron chi connectivity index (χ4n) is 4.57. The second-order valence-corrected chi connectivity index (χ2v) is 7.84. The minimum absolute atomic E-state index is 0.112. The average Bonchev–Trinajstić information content (AvgIpc) is 2.72. The molecule has 5 nitrogen and oxygen atoms in total. The fourth-order valence-corrected chi connectivity index (χ4v) is 4.57. The average molecular weight is 360 g/mol. The fraction of sp³-hybridized carbons (Fsp3) is 0.667. The maximum Gasteiger partial charge on any atom is 0.237 e. The minimum atomic E-state index is -0.914. The number of hydrogen-bond acceptors (Lipinski definition) is 4. The highest BCUT2D eigenvalue weighted by atomic mass is 16.3. The molecule has 144 valence electrons. The van der Waals surface area contributed by atoms with Gasteiger partial charge in [0.25, 0.3) is 0 Å². The van der Waals surface area contributed by atoms with Crippen molar-refractivity contribution in [2.45, 2.75) is 63.1 Å². The zero-order valence-electron chi connectivity index (χ0n) is 15.4. The molecule has 1 heterocycles. The number of hydrogen-bond donors (Lipinski definition) is 4. The lowest BCUT2D eigenvalue weighted by atomic mass is 9.74. The highest BCUT2D eigenvalue weighted by Gasteiger charge is 2.33. The van der Waals surface area contributed by atoms with Crippen LogP contribution in [0.5, 0.6) is 0 Å². The van der Waals surface area contributed by atoms with E-state index in [-0.39, 0.29) is 18.6 Å². The van der Waals surface area contributed by atoms with E-state index in [2.05, 4.69) is 10.6 Å². The Labute approximate surface area is 156 Å². The van der Waals surface area contributed by atoms with Crippen molar-refractivity contribution in [3.8, 4) is 0 Å². The molecule has 1 amide bonds. The third-order valence-electron chi connectivity index (χ3n) is 6.12. The predicted molar refractivity (Wildman–Crippen MR) is 102 cm³/mol. The van der Waals surface area contributed by atoms with Crippen LogP contribution in [0.1, 0.15) is 56.6 Å². The molecule has 1 aromatic carbocycles. The van der Waals surface area contributed by atoms with Crippen LogP contribution in [0.4, 0.5) is 0 Å². The number of carbonyl (C=O) groups is 1. The van der Waals surface area contributed by atoms with E-state index in [1.807, 2.05) is 18.2 Å². The Morgan fingerprint density at radius 3 is 2.54 bits per heavy atom. The Hall–Kier alpha value is -1.43. The first-order valence-corrected chi connectivity index (χ1v) is 10.1. The van der Waals surface area contributed by atoms with Gasteiger partial charge in [0, 0.05) is 0 Å². The monoisotopic (exact) mass is 360 g/mol. The molecule has 1 aliphatic carbocycles. The van der Waals surface area contributed by atoms with Gasteiger partial charge in [-0.25, -0.2) is 0 Å². The van der Waals surface area contributed by atoms with Crippen molar-refractivity contribution >= 4 is 5.91 Å². The highest BCUT2D eigenvalue weighted by Crippen LogP contribution is 2.35. The standard InChI is InChI=1S/C21H32N2O3/c24-14-19(20(25)16-9-5-2-6-10-16)23-21(26)18-13-17(11-12-22-18)15-7-3-1-4-8-15/h2,5-6,9-10,15,17-20,22,24-25H,1,3-4,7-8,11-14H2,(H,23,26)/t17-,18+,19-,20-/m0/s1. The topological polar surface area (TPSA) is 81.6 Å². The number of aliphatic hydroxyl groups is 2. The van der Waals surface area contributed by atoms with Crippen molar-refractivity contribution in [2.75, 3.05) is 13.2 Å². The quantitative estimate of drug-likeness (QED) is 0.627. The summed E-state index contributed by atoms with van der Waals surface area (Å²) in [7, 11) is 0. The van der Waals surface area contributed by atoms with Crippen LogP contribution in [0, 0.1) is 11.8 Å². The number of amides is 1. The summed E-state index contributed by atoms with van der Waals surface area (Å²) >= 11 is 0. The van der Waals surface area contributed by atoms with Crippen LogP contribution in [0.25, 0.3) is 0 Å². The number of aliphatic hydroxyl groups excluding tert-OH is 2. The molecule has 0 unspecified atom stereocenters. The molecule has 4 atom stereocenters. The lowest BCUT2D eigenvalue weighted by Gasteiger charge is -2.37. The second-order valence-electron chi connectivity index (χ2n) is 7.84. The van der Waals surface area contributed by atoms with Crippen molar-refractivity contribution in [2.24, 2.45) is 11.8 Å². The summed E-state index contributed by atoms with van der Waals surface area (Å²) in [4.78, 5) is 12.7. The largest absolute Gasteiger partial charge is 0.394 e. The molecular formula is C21H32N2O3. The van der Waals surface area contributed by atoms with Gasteiger partial charge in [-0.1, -0.05) is 62.4 Å². The Kier molecular flexibility index (Phi) is 7.06. The van der Waals surface area contributed by atoms with Crippen LogP contribution < -0.4 is 10.6 Å². The van der Waals surface area contributed by atoms with Crippen LogP contribution in [-0.4, -0.2) is 41.4 Å². The van der Waals surface area contributed by atoms with Gasteiger partial charge in [0.1, 0.15) is 6.10 Å². The van der Waals surface area contributed by atoms with Crippen LogP contribution >= 0.6 is 0 Å². The normalized spacial score (nSPS) is 26.8. The molecule has 0 spiro atoms. The first-order chi connectivity index (χ1) is 12.7. The SMILES string of the molecule is O=C(N[C@@H](CO)[C@@H](O)c1ccccc1)[C@H]1C[C@@H](C2CCCCC2)CCN1. The van der Waals surface area contributed by atoms with Gasteiger partial charge in [0.2, 0.25) is 5.91 Å². The number of carbonyl (C=O) groups excluding carboxylic acids is 1. The van der Waals surface area contributed by atoms with Gasteiger partial charge in [-0.2, -0.15) is 0 Å². The third kappa shape index (κ3) is 4.84. The molecule has 0 aromatic heterocycles. The second kappa shape index (κ2) is 9.49. The van der Waals surface area contributed by atoms with Crippen LogP contribution in [0.2, 0.25) is 0 Å². The van der Waals surface area contributed by atoms with Crippen molar-refractivity contribution in [1.29, 1.82) is 0 Å². The number of rotatable bonds is 6. The molecule has 2 aliphatic rings. The van der Waals surface area contributed by atoms with Crippen molar-refractivity contribution in [1.82, 2.24) is 10.6 Å². The molecule has 26 heavy (non-hydrogen) atoms. The molecule has 1 aliphatic heterocycles. The molecule has 4 N–H and O–H groups in total. The van der Waals surface area contributed by atoms with Crippen LogP contribution in [-0.2, 0) is 4.79 Å². The van der Waals surface area contributed by atoms with E-state index in [0.29, 0.717) is 11.5 Å². The first kappa shape index (κ1) is 19.3. The molecule has 3 rings (SSSR count). The smallest absolute Gasteiger partial charge is 0.237 e. The van der Waals surface area contributed by atoms with E-state index >= 15 is 0 Å². The van der Waals surface area contributed by atoms with Crippen LogP contribution in [0.3, 0.4) is 0 Å². The van der Waals surface area contributed by atoms with E-state index in [9.17, 15) is 15.0 Å². The Morgan fingerprint density at radius 2 is 1.85 bits per heavy atom. The maximum atomic E-state index is 12.7. The molecule has 2 fully saturated rings. The molecule has 1 aromatic rings. The van der Waals surface area contributed by atoms with E-state index < -0.39 is 12.1 Å². The lowest BCUT2D eigenvalue weighted by Crippen LogP contribution is -2.53. The molecule has 1 saturated carbocycles. The summed E-state index contributed by atoms with van der Waals surface area (Å²) in [5.74, 6) is 1.25. The third-order valence-corrected chi connectivity index (χ3v) is 6.12. The minimum Gasteiger partial charge on any atom is -0.394 e. The molecular weight excluding hydrogens is 328 g/mol. The summed E-state index contributed by atoms with van der Waals surface area (Å²) < 4.78 is 0. The molecule has 0 radical (unpaired) electrons. The summed E-state index contributed by atoms with van der Waals surface area (Å²) in [6.45, 7) is 0.574. The van der Waals surface area contributed by atoms with Crippen molar-refractivity contribution < 1.29 is 15.0 Å². The summed E-state index contributed by atoms with van der Waals surface area (Å²) in [6, 6.07) is 8.24. The predicted octanol–water partition coefficient (Wildman–Crippen LogP) is 2.15. The Balaban J connectivity index is 1.57. The van der Waals surface area contributed by atoms with Gasteiger partial charge in [-0.05, 0) is 36.8 Å². The van der Waals surface area contributed by atoms with Crippen molar-refractivity contribution in [3.05, 3.63) is 35.9 Å². The first-order valence-electron chi connectivity index (χ1n) is 10.1. The van der Waals surface area contributed by atoms with Gasteiger partial charge >= 0.3 is 0 Å². The van der Waals surface area contributed by atoms with Gasteiger partial charge < -0.3 is 20.8 Å². The van der Waals surface area contributed by atoms with Gasteiger partial charge in [-0.3, -0.25) is 4.79 Å². The Morgan fingerprint density at radius 1 is 1.12 bits per heavy atom. The van der Waals surface area contributed by atoms with Gasteiger partial charge in [0.15, 0.2) is 0 Å². The molecule has 0 bridgehead atoms. The van der Waals surface area contributed by atoms with Crippen LogP contribution in [0.15, 0.2) is 30.3 Å². The van der Waals surface area contributed by atoms with E-state index in [0.717, 1.165) is 25.3 Å². The maximum absolute atomic E-state index is 12.7. The summed E-state index contributed by atoms with van der Waals surface area (Å²) in [5, 5.41) is 26.3. The zero-order chi connectivity index (χ0) is 18.4. The number of piperidine rings is 1. The number of nitrogens with one attached hydrogen (secondary N) is 2. The van der Waals surface area contributed by atoms with E-state index in [1.54, 1.807) is 12.1 Å².